The zero-order valence-electron chi connectivity index (χ0n) is 12.7. The predicted octanol–water partition coefficient (Wildman–Crippen LogP) is 1.16. The first kappa shape index (κ1) is 16.6. The number of carbonyl (C=O) groups excluding carboxylic acids is 2. The van der Waals surface area contributed by atoms with Crippen LogP contribution in [-0.4, -0.2) is 59.4 Å². The van der Waals surface area contributed by atoms with Crippen molar-refractivity contribution in [3.63, 3.8) is 0 Å². The van der Waals surface area contributed by atoms with Crippen molar-refractivity contribution in [1.82, 2.24) is 15.1 Å². The van der Waals surface area contributed by atoms with Crippen molar-refractivity contribution in [3.05, 3.63) is 0 Å². The number of halogens is 1. The van der Waals surface area contributed by atoms with Crippen LogP contribution in [0.5, 0.6) is 0 Å². The molecule has 3 heterocycles. The van der Waals surface area contributed by atoms with Gasteiger partial charge in [-0.3, -0.25) is 9.59 Å². The minimum Gasteiger partial charge on any atom is -0.339 e. The Morgan fingerprint density at radius 3 is 2.71 bits per heavy atom. The van der Waals surface area contributed by atoms with Crippen LogP contribution in [0.3, 0.4) is 0 Å². The van der Waals surface area contributed by atoms with Crippen molar-refractivity contribution in [3.8, 4) is 0 Å². The van der Waals surface area contributed by atoms with Crippen LogP contribution in [0, 0.1) is 0 Å². The lowest BCUT2D eigenvalue weighted by Crippen LogP contribution is -2.51. The van der Waals surface area contributed by atoms with Gasteiger partial charge in [-0.05, 0) is 32.1 Å². The van der Waals surface area contributed by atoms with E-state index in [9.17, 15) is 9.59 Å². The van der Waals surface area contributed by atoms with E-state index in [2.05, 4.69) is 5.32 Å². The van der Waals surface area contributed by atoms with Gasteiger partial charge in [-0.25, -0.2) is 0 Å². The highest BCUT2D eigenvalue weighted by molar-refractivity contribution is 5.88. The van der Waals surface area contributed by atoms with Gasteiger partial charge in [0.05, 0.1) is 0 Å². The second kappa shape index (κ2) is 6.97. The number of rotatable bonds is 3. The average Bonchev–Trinajstić information content (AvgIpc) is 2.97. The van der Waals surface area contributed by atoms with E-state index in [4.69, 9.17) is 0 Å². The summed E-state index contributed by atoms with van der Waals surface area (Å²) in [5.41, 5.74) is 0. The highest BCUT2D eigenvalue weighted by Gasteiger charge is 2.37. The van der Waals surface area contributed by atoms with E-state index >= 15 is 0 Å². The molecule has 0 aromatic carbocycles. The van der Waals surface area contributed by atoms with Crippen LogP contribution < -0.4 is 5.32 Å². The molecule has 5 nitrogen and oxygen atoms in total. The molecule has 0 aliphatic carbocycles. The summed E-state index contributed by atoms with van der Waals surface area (Å²) in [5, 5.41) is 3.60. The van der Waals surface area contributed by atoms with E-state index in [1.54, 1.807) is 4.90 Å². The van der Waals surface area contributed by atoms with Gasteiger partial charge in [-0.1, -0.05) is 6.92 Å². The smallest absolute Gasteiger partial charge is 0.245 e. The van der Waals surface area contributed by atoms with Crippen LogP contribution in [-0.2, 0) is 9.59 Å². The molecule has 0 saturated carbocycles. The van der Waals surface area contributed by atoms with E-state index in [1.807, 2.05) is 11.8 Å². The zero-order chi connectivity index (χ0) is 14.1. The molecule has 3 fully saturated rings. The van der Waals surface area contributed by atoms with Crippen molar-refractivity contribution in [1.29, 1.82) is 0 Å². The van der Waals surface area contributed by atoms with E-state index in [0.29, 0.717) is 18.5 Å². The number of nitrogens with zero attached hydrogens (tertiary/aromatic N) is 2. The van der Waals surface area contributed by atoms with Crippen LogP contribution in [0.4, 0.5) is 0 Å². The second-order valence-corrected chi connectivity index (χ2v) is 6.33. The molecule has 0 spiro atoms. The van der Waals surface area contributed by atoms with Crippen molar-refractivity contribution < 1.29 is 9.59 Å². The molecule has 3 aliphatic rings. The third-order valence-corrected chi connectivity index (χ3v) is 4.99. The Bertz CT molecular complexity index is 404. The summed E-state index contributed by atoms with van der Waals surface area (Å²) >= 11 is 0. The van der Waals surface area contributed by atoms with Gasteiger partial charge in [0.2, 0.25) is 11.8 Å². The Hall–Kier alpha value is -0.810. The highest BCUT2D eigenvalue weighted by atomic mass is 35.5. The minimum absolute atomic E-state index is 0. The number of nitrogens with one attached hydrogen (secondary N) is 1. The normalized spacial score (nSPS) is 30.0. The molecular weight excluding hydrogens is 290 g/mol. The van der Waals surface area contributed by atoms with Gasteiger partial charge in [-0.2, -0.15) is 0 Å². The summed E-state index contributed by atoms with van der Waals surface area (Å²) < 4.78 is 0. The third kappa shape index (κ3) is 3.34. The number of hydrogen-bond acceptors (Lipinski definition) is 3. The Morgan fingerprint density at radius 2 is 2.05 bits per heavy atom. The molecule has 1 N–H and O–H groups in total. The number of fused-ring (bicyclic) bond motifs is 2. The summed E-state index contributed by atoms with van der Waals surface area (Å²) in [6.45, 7) is 4.41. The van der Waals surface area contributed by atoms with Crippen LogP contribution in [0.1, 0.15) is 45.4 Å². The molecule has 3 atom stereocenters. The summed E-state index contributed by atoms with van der Waals surface area (Å²) in [6, 6.07) is 0.811. The first-order chi connectivity index (χ1) is 9.69. The lowest BCUT2D eigenvalue weighted by molar-refractivity contribution is -0.143. The summed E-state index contributed by atoms with van der Waals surface area (Å²) in [7, 11) is 0. The highest BCUT2D eigenvalue weighted by Crippen LogP contribution is 2.23. The maximum absolute atomic E-state index is 12.8. The molecule has 3 rings (SSSR count). The van der Waals surface area contributed by atoms with Crippen LogP contribution in [0.15, 0.2) is 0 Å². The van der Waals surface area contributed by atoms with Crippen molar-refractivity contribution in [2.24, 2.45) is 0 Å². The summed E-state index contributed by atoms with van der Waals surface area (Å²) in [4.78, 5) is 28.5. The molecule has 3 saturated heterocycles. The number of carbonyl (C=O) groups is 2. The Labute approximate surface area is 132 Å². The molecule has 3 unspecified atom stereocenters. The maximum Gasteiger partial charge on any atom is 0.245 e. The fourth-order valence-electron chi connectivity index (χ4n) is 3.88. The summed E-state index contributed by atoms with van der Waals surface area (Å²) in [6.07, 6.45) is 5.70. The molecule has 0 aromatic rings. The van der Waals surface area contributed by atoms with E-state index in [1.165, 1.54) is 12.8 Å². The quantitative estimate of drug-likeness (QED) is 0.850. The van der Waals surface area contributed by atoms with Gasteiger partial charge < -0.3 is 15.1 Å². The van der Waals surface area contributed by atoms with Crippen LogP contribution >= 0.6 is 12.4 Å². The van der Waals surface area contributed by atoms with Crippen molar-refractivity contribution >= 4 is 24.2 Å². The molecular formula is C15H26ClN3O2. The third-order valence-electron chi connectivity index (χ3n) is 4.99. The van der Waals surface area contributed by atoms with E-state index in [-0.39, 0.29) is 30.3 Å². The zero-order valence-corrected chi connectivity index (χ0v) is 13.5. The standard InChI is InChI=1S/C15H25N3O2.ClH/c1-2-13(18-8-3-4-14(18)19)15(20)17-9-7-11-5-6-12(10-17)16-11;/h11-13,16H,2-10H2,1H3;1H. The largest absolute Gasteiger partial charge is 0.339 e. The van der Waals surface area contributed by atoms with Gasteiger partial charge in [0, 0.05) is 38.1 Å². The van der Waals surface area contributed by atoms with Crippen molar-refractivity contribution in [2.75, 3.05) is 19.6 Å². The van der Waals surface area contributed by atoms with Gasteiger partial charge in [-0.15, -0.1) is 12.4 Å². The lowest BCUT2D eigenvalue weighted by atomic mass is 10.1. The second-order valence-electron chi connectivity index (χ2n) is 6.33. The molecule has 2 bridgehead atoms. The van der Waals surface area contributed by atoms with Crippen molar-refractivity contribution in [2.45, 2.75) is 63.6 Å². The van der Waals surface area contributed by atoms with Gasteiger partial charge in [0.1, 0.15) is 6.04 Å². The molecule has 6 heteroatoms. The number of amides is 2. The maximum atomic E-state index is 12.8. The molecule has 0 radical (unpaired) electrons. The molecule has 0 aromatic heterocycles. The first-order valence-corrected chi connectivity index (χ1v) is 8.03. The molecule has 120 valence electrons. The van der Waals surface area contributed by atoms with Gasteiger partial charge in [0.25, 0.3) is 0 Å². The summed E-state index contributed by atoms with van der Waals surface area (Å²) in [5.74, 6) is 0.316. The SMILES string of the molecule is CCC(C(=O)N1CCC2CCC(C1)N2)N1CCCC1=O.Cl. The number of likely N-dealkylation sites (tertiary alicyclic amines) is 2. The van der Waals surface area contributed by atoms with Gasteiger partial charge >= 0.3 is 0 Å². The monoisotopic (exact) mass is 315 g/mol. The van der Waals surface area contributed by atoms with E-state index < -0.39 is 0 Å². The minimum atomic E-state index is -0.235. The average molecular weight is 316 g/mol. The topological polar surface area (TPSA) is 52.7 Å². The Balaban J connectivity index is 0.00000161. The van der Waals surface area contributed by atoms with E-state index in [0.717, 1.165) is 38.9 Å². The predicted molar refractivity (Wildman–Crippen MR) is 83.4 cm³/mol. The fraction of sp³-hybridized carbons (Fsp3) is 0.867. The van der Waals surface area contributed by atoms with Gasteiger partial charge in [0.15, 0.2) is 0 Å². The lowest BCUT2D eigenvalue weighted by Gasteiger charge is -2.32. The molecule has 3 aliphatic heterocycles. The first-order valence-electron chi connectivity index (χ1n) is 8.03. The van der Waals surface area contributed by atoms with Crippen LogP contribution in [0.2, 0.25) is 0 Å². The Morgan fingerprint density at radius 1 is 1.29 bits per heavy atom. The molecule has 2 amide bonds. The molecule has 21 heavy (non-hydrogen) atoms. The Kier molecular flexibility index (Phi) is 5.49. The fourth-order valence-corrected chi connectivity index (χ4v) is 3.88. The van der Waals surface area contributed by atoms with Crippen LogP contribution in [0.25, 0.3) is 0 Å². The number of hydrogen-bond donors (Lipinski definition) is 1.